The number of carbonyl (C=O) groups excluding carboxylic acids is 1. The zero-order valence-corrected chi connectivity index (χ0v) is 15.6. The molecule has 7 heteroatoms. The Morgan fingerprint density at radius 2 is 2.00 bits per heavy atom. The molecule has 4 heterocycles. The number of aromatic nitrogens is 1. The van der Waals surface area contributed by atoms with Crippen molar-refractivity contribution in [3.63, 3.8) is 0 Å². The van der Waals surface area contributed by atoms with Crippen molar-refractivity contribution in [2.24, 2.45) is 4.99 Å². The van der Waals surface area contributed by atoms with E-state index in [1.54, 1.807) is 6.07 Å². The van der Waals surface area contributed by atoms with Crippen LogP contribution in [0.1, 0.15) is 41.4 Å². The number of carbonyl (C=O) groups is 1. The molecule has 2 saturated heterocycles. The minimum absolute atomic E-state index is 0.0236. The number of phenols is 1. The van der Waals surface area contributed by atoms with Gasteiger partial charge in [0.05, 0.1) is 23.5 Å². The molecule has 2 bridgehead atoms. The third-order valence-corrected chi connectivity index (χ3v) is 6.00. The Morgan fingerprint density at radius 1 is 1.25 bits per heavy atom. The Bertz CT molecular complexity index is 1000. The molecule has 2 aromatic rings. The first kappa shape index (κ1) is 17.3. The first-order chi connectivity index (χ1) is 13.5. The van der Waals surface area contributed by atoms with E-state index in [1.807, 2.05) is 11.8 Å². The smallest absolute Gasteiger partial charge is 0.255 e. The third-order valence-electron chi connectivity index (χ3n) is 6.00. The van der Waals surface area contributed by atoms with Crippen LogP contribution in [0.2, 0.25) is 0 Å². The lowest BCUT2D eigenvalue weighted by molar-refractivity contribution is 0.0619. The largest absolute Gasteiger partial charge is 0.508 e. The molecule has 28 heavy (non-hydrogen) atoms. The minimum atomic E-state index is -0.566. The van der Waals surface area contributed by atoms with Gasteiger partial charge in [-0.15, -0.1) is 0 Å². The van der Waals surface area contributed by atoms with E-state index in [0.29, 0.717) is 23.5 Å². The van der Waals surface area contributed by atoms with Crippen molar-refractivity contribution in [1.82, 2.24) is 15.2 Å². The van der Waals surface area contributed by atoms with E-state index < -0.39 is 5.82 Å². The fourth-order valence-electron chi connectivity index (χ4n) is 4.66. The highest BCUT2D eigenvalue weighted by atomic mass is 19.1. The number of hydrogen-bond donors (Lipinski definition) is 2. The second-order valence-electron chi connectivity index (χ2n) is 7.70. The summed E-state index contributed by atoms with van der Waals surface area (Å²) < 4.78 is 14.5. The predicted molar refractivity (Wildman–Crippen MR) is 103 cm³/mol. The second kappa shape index (κ2) is 6.38. The van der Waals surface area contributed by atoms with Gasteiger partial charge in [-0.05, 0) is 38.0 Å². The minimum Gasteiger partial charge on any atom is -0.508 e. The fraction of sp³-hybridized carbons (Fsp3) is 0.381. The molecule has 1 amide bonds. The molecular formula is C21H21FN4O2. The van der Waals surface area contributed by atoms with Crippen molar-refractivity contribution < 1.29 is 14.3 Å². The first-order valence-corrected chi connectivity index (χ1v) is 9.60. The van der Waals surface area contributed by atoms with Crippen LogP contribution < -0.4 is 5.32 Å². The molecule has 5 rings (SSSR count). The van der Waals surface area contributed by atoms with Crippen molar-refractivity contribution in [2.75, 3.05) is 13.1 Å². The van der Waals surface area contributed by atoms with E-state index in [-0.39, 0.29) is 29.3 Å². The summed E-state index contributed by atoms with van der Waals surface area (Å²) >= 11 is 0. The number of phenolic OH excluding ortho intramolecular Hbond substituents is 1. The van der Waals surface area contributed by atoms with E-state index in [9.17, 15) is 14.3 Å². The molecule has 0 aliphatic carbocycles. The van der Waals surface area contributed by atoms with E-state index in [2.05, 4.69) is 15.3 Å². The van der Waals surface area contributed by atoms with Crippen LogP contribution in [0.15, 0.2) is 29.3 Å². The summed E-state index contributed by atoms with van der Waals surface area (Å²) in [7, 11) is 0. The van der Waals surface area contributed by atoms with Crippen molar-refractivity contribution in [1.29, 1.82) is 0 Å². The van der Waals surface area contributed by atoms with Crippen LogP contribution in [0.25, 0.3) is 11.3 Å². The summed E-state index contributed by atoms with van der Waals surface area (Å²) in [5, 5.41) is 12.9. The van der Waals surface area contributed by atoms with Gasteiger partial charge in [-0.1, -0.05) is 0 Å². The number of pyridine rings is 1. The zero-order chi connectivity index (χ0) is 19.4. The monoisotopic (exact) mass is 380 g/mol. The Hall–Kier alpha value is -2.80. The SMILES string of the molecule is CC1=NCc2nc(-c3ccc(O)cc3F)cc(C(=O)N3[C@@H]4CC[C@H]3CNC4)c21. The highest BCUT2D eigenvalue weighted by molar-refractivity contribution is 6.12. The van der Waals surface area contributed by atoms with Gasteiger partial charge in [-0.25, -0.2) is 9.37 Å². The molecule has 1 aromatic carbocycles. The molecule has 0 spiro atoms. The van der Waals surface area contributed by atoms with Gasteiger partial charge in [-0.3, -0.25) is 9.79 Å². The summed E-state index contributed by atoms with van der Waals surface area (Å²) in [6.45, 7) is 3.89. The van der Waals surface area contributed by atoms with Crippen LogP contribution in [0.5, 0.6) is 5.75 Å². The lowest BCUT2D eigenvalue weighted by Crippen LogP contribution is -2.54. The normalized spacial score (nSPS) is 22.9. The number of hydrogen-bond acceptors (Lipinski definition) is 5. The number of fused-ring (bicyclic) bond motifs is 3. The van der Waals surface area contributed by atoms with Gasteiger partial charge < -0.3 is 15.3 Å². The highest BCUT2D eigenvalue weighted by Crippen LogP contribution is 2.34. The summed E-state index contributed by atoms with van der Waals surface area (Å²) in [5.41, 5.74) is 3.49. The van der Waals surface area contributed by atoms with Crippen LogP contribution in [0, 0.1) is 5.82 Å². The summed E-state index contributed by atoms with van der Waals surface area (Å²) in [6.07, 6.45) is 2.01. The number of aromatic hydroxyl groups is 1. The molecular weight excluding hydrogens is 359 g/mol. The van der Waals surface area contributed by atoms with Crippen LogP contribution in [0.3, 0.4) is 0 Å². The number of piperazine rings is 1. The van der Waals surface area contributed by atoms with Gasteiger partial charge in [0.25, 0.3) is 5.91 Å². The molecule has 1 aromatic heterocycles. The van der Waals surface area contributed by atoms with E-state index in [4.69, 9.17) is 0 Å². The van der Waals surface area contributed by atoms with Crippen molar-refractivity contribution in [3.05, 3.63) is 46.9 Å². The molecule has 144 valence electrons. The topological polar surface area (TPSA) is 77.8 Å². The number of halogens is 1. The van der Waals surface area contributed by atoms with Crippen LogP contribution in [-0.4, -0.2) is 51.8 Å². The zero-order valence-electron chi connectivity index (χ0n) is 15.6. The molecule has 0 saturated carbocycles. The number of rotatable bonds is 2. The van der Waals surface area contributed by atoms with Crippen molar-refractivity contribution >= 4 is 11.6 Å². The first-order valence-electron chi connectivity index (χ1n) is 9.60. The van der Waals surface area contributed by atoms with Crippen LogP contribution in [0.4, 0.5) is 4.39 Å². The molecule has 2 atom stereocenters. The lowest BCUT2D eigenvalue weighted by Gasteiger charge is -2.35. The van der Waals surface area contributed by atoms with Crippen LogP contribution >= 0.6 is 0 Å². The fourth-order valence-corrected chi connectivity index (χ4v) is 4.66. The average Bonchev–Trinajstić information content (AvgIpc) is 3.16. The number of benzene rings is 1. The average molecular weight is 380 g/mol. The number of nitrogens with zero attached hydrogens (tertiary/aromatic N) is 3. The Balaban J connectivity index is 1.63. The second-order valence-corrected chi connectivity index (χ2v) is 7.70. The molecule has 6 nitrogen and oxygen atoms in total. The van der Waals surface area contributed by atoms with Crippen LogP contribution in [-0.2, 0) is 6.54 Å². The van der Waals surface area contributed by atoms with Gasteiger partial charge in [0.2, 0.25) is 0 Å². The maximum Gasteiger partial charge on any atom is 0.255 e. The molecule has 2 N–H and O–H groups in total. The Morgan fingerprint density at radius 3 is 2.71 bits per heavy atom. The van der Waals surface area contributed by atoms with Gasteiger partial charge in [-0.2, -0.15) is 0 Å². The maximum absolute atomic E-state index is 14.5. The summed E-state index contributed by atoms with van der Waals surface area (Å²) in [6, 6.07) is 6.05. The number of aliphatic imine (C=N–C) groups is 1. The molecule has 3 aliphatic rings. The number of nitrogens with one attached hydrogen (secondary N) is 1. The maximum atomic E-state index is 14.5. The quantitative estimate of drug-likeness (QED) is 0.839. The van der Waals surface area contributed by atoms with Crippen molar-refractivity contribution in [3.8, 4) is 17.0 Å². The van der Waals surface area contributed by atoms with Gasteiger partial charge in [0.15, 0.2) is 0 Å². The predicted octanol–water partition coefficient (Wildman–Crippen LogP) is 2.49. The Kier molecular flexibility index (Phi) is 3.94. The van der Waals surface area contributed by atoms with Gasteiger partial charge in [0, 0.05) is 48.1 Å². The standard InChI is InChI=1S/C21H21FN4O2/c1-11-20-16(21(28)26-12-2-3-13(26)9-23-8-12)7-18(25-19(20)10-24-11)15-5-4-14(27)6-17(15)22/h4-7,12-13,23,27H,2-3,8-10H2,1H3/t12-,13+. The van der Waals surface area contributed by atoms with E-state index >= 15 is 0 Å². The van der Waals surface area contributed by atoms with Gasteiger partial charge >= 0.3 is 0 Å². The highest BCUT2D eigenvalue weighted by Gasteiger charge is 2.41. The molecule has 0 unspecified atom stereocenters. The number of amides is 1. The molecule has 2 fully saturated rings. The molecule has 3 aliphatic heterocycles. The van der Waals surface area contributed by atoms with Gasteiger partial charge in [0.1, 0.15) is 11.6 Å². The summed E-state index contributed by atoms with van der Waals surface area (Å²) in [4.78, 5) is 24.6. The molecule has 0 radical (unpaired) electrons. The van der Waals surface area contributed by atoms with E-state index in [1.165, 1.54) is 12.1 Å². The van der Waals surface area contributed by atoms with E-state index in [0.717, 1.165) is 43.3 Å². The summed E-state index contributed by atoms with van der Waals surface area (Å²) in [5.74, 6) is -0.733. The third kappa shape index (κ3) is 2.61. The lowest BCUT2D eigenvalue weighted by atomic mass is 9.98. The Labute approximate surface area is 162 Å². The van der Waals surface area contributed by atoms with Crippen molar-refractivity contribution in [2.45, 2.75) is 38.4 Å².